The number of carbonyl (C=O) groups is 1. The molecule has 0 radical (unpaired) electrons. The summed E-state index contributed by atoms with van der Waals surface area (Å²) in [7, 11) is 3.90. The van der Waals surface area contributed by atoms with Crippen LogP contribution >= 0.6 is 23.4 Å². The Balaban J connectivity index is 1.95. The Labute approximate surface area is 178 Å². The molecule has 2 aromatic carbocycles. The molecule has 0 bridgehead atoms. The van der Waals surface area contributed by atoms with Gasteiger partial charge in [-0.1, -0.05) is 23.4 Å². The number of nitrogens with zero attached hydrogens (tertiary/aromatic N) is 4. The Hall–Kier alpha value is -2.22. The fraction of sp³-hybridized carbons (Fsp3) is 0.286. The van der Waals surface area contributed by atoms with Crippen LogP contribution in [0.5, 0.6) is 0 Å². The van der Waals surface area contributed by atoms with Crippen LogP contribution in [0.25, 0.3) is 5.69 Å². The molecule has 0 N–H and O–H groups in total. The number of carbonyl (C=O) groups excluding carboxylic acids is 1. The Morgan fingerprint density at radius 1 is 1.07 bits per heavy atom. The molecule has 1 heterocycles. The summed E-state index contributed by atoms with van der Waals surface area (Å²) in [5.74, 6) is 0.377. The molecule has 5 nitrogen and oxygen atoms in total. The van der Waals surface area contributed by atoms with E-state index in [0.717, 1.165) is 11.5 Å². The molecule has 0 amide bonds. The van der Waals surface area contributed by atoms with E-state index in [4.69, 9.17) is 11.6 Å². The standard InChI is InChI=1S/C21H22ClFN4OS/c1-13(26(3)4)20-24-25-21(27(20)18-11-9-17(23)10-12-18)29-14(2)19(28)15-5-7-16(22)8-6-15/h5-14H,1-4H3/t13-,14+/m0/s1. The van der Waals surface area contributed by atoms with E-state index < -0.39 is 0 Å². The van der Waals surface area contributed by atoms with Crippen molar-refractivity contribution in [2.24, 2.45) is 0 Å². The monoisotopic (exact) mass is 432 g/mol. The Morgan fingerprint density at radius 3 is 2.28 bits per heavy atom. The van der Waals surface area contributed by atoms with Crippen molar-refractivity contribution in [2.75, 3.05) is 14.1 Å². The minimum absolute atomic E-state index is 0.0239. The van der Waals surface area contributed by atoms with E-state index >= 15 is 0 Å². The summed E-state index contributed by atoms with van der Waals surface area (Å²) >= 11 is 7.24. The van der Waals surface area contributed by atoms with Gasteiger partial charge in [0.2, 0.25) is 0 Å². The molecule has 0 saturated carbocycles. The van der Waals surface area contributed by atoms with Gasteiger partial charge in [0.25, 0.3) is 0 Å². The Kier molecular flexibility index (Phi) is 6.72. The SMILES string of the molecule is C[C@@H](Sc1nnc([C@H](C)N(C)C)n1-c1ccc(F)cc1)C(=O)c1ccc(Cl)cc1. The maximum atomic E-state index is 13.4. The fourth-order valence-electron chi connectivity index (χ4n) is 2.75. The van der Waals surface area contributed by atoms with Crippen LogP contribution in [0, 0.1) is 5.82 Å². The smallest absolute Gasteiger partial charge is 0.196 e. The zero-order chi connectivity index (χ0) is 21.1. The molecule has 3 rings (SSSR count). The van der Waals surface area contributed by atoms with Crippen LogP contribution in [0.2, 0.25) is 5.02 Å². The number of hydrogen-bond donors (Lipinski definition) is 0. The van der Waals surface area contributed by atoms with Gasteiger partial charge in [-0.3, -0.25) is 14.3 Å². The second-order valence-corrected chi connectivity index (χ2v) is 8.67. The van der Waals surface area contributed by atoms with Gasteiger partial charge in [-0.15, -0.1) is 10.2 Å². The van der Waals surface area contributed by atoms with E-state index in [0.29, 0.717) is 15.7 Å². The van der Waals surface area contributed by atoms with Gasteiger partial charge in [-0.2, -0.15) is 0 Å². The minimum atomic E-state index is -0.387. The summed E-state index contributed by atoms with van der Waals surface area (Å²) in [6.07, 6.45) is 0. The molecule has 0 aliphatic carbocycles. The van der Waals surface area contributed by atoms with Crippen LogP contribution in [0.15, 0.2) is 53.7 Å². The van der Waals surface area contributed by atoms with Crippen molar-refractivity contribution < 1.29 is 9.18 Å². The van der Waals surface area contributed by atoms with Crippen molar-refractivity contribution in [2.45, 2.75) is 30.3 Å². The fourth-order valence-corrected chi connectivity index (χ4v) is 3.83. The average Bonchev–Trinajstić information content (AvgIpc) is 3.11. The van der Waals surface area contributed by atoms with Gasteiger partial charge in [0.05, 0.1) is 11.3 Å². The third kappa shape index (κ3) is 4.86. The summed E-state index contributed by atoms with van der Waals surface area (Å²) in [4.78, 5) is 14.8. The van der Waals surface area contributed by atoms with Crippen molar-refractivity contribution in [1.82, 2.24) is 19.7 Å². The molecule has 29 heavy (non-hydrogen) atoms. The van der Waals surface area contributed by atoms with Crippen molar-refractivity contribution in [3.05, 3.63) is 70.8 Å². The maximum absolute atomic E-state index is 13.4. The first-order chi connectivity index (χ1) is 13.8. The van der Waals surface area contributed by atoms with E-state index in [1.54, 1.807) is 36.4 Å². The zero-order valence-corrected chi connectivity index (χ0v) is 18.2. The molecular weight excluding hydrogens is 411 g/mol. The van der Waals surface area contributed by atoms with Crippen LogP contribution in [0.4, 0.5) is 4.39 Å². The molecule has 0 fully saturated rings. The molecule has 1 aromatic heterocycles. The normalized spacial score (nSPS) is 13.5. The first-order valence-electron chi connectivity index (χ1n) is 9.12. The van der Waals surface area contributed by atoms with Crippen molar-refractivity contribution in [3.63, 3.8) is 0 Å². The molecule has 8 heteroatoms. The maximum Gasteiger partial charge on any atom is 0.196 e. The number of thioether (sulfide) groups is 1. The number of rotatable bonds is 7. The first-order valence-corrected chi connectivity index (χ1v) is 10.4. The highest BCUT2D eigenvalue weighted by atomic mass is 35.5. The number of ketones is 1. The predicted octanol–water partition coefficient (Wildman–Crippen LogP) is 5.05. The highest BCUT2D eigenvalue weighted by Crippen LogP contribution is 2.30. The second kappa shape index (κ2) is 9.07. The Bertz CT molecular complexity index is 989. The number of halogens is 2. The lowest BCUT2D eigenvalue weighted by Gasteiger charge is -2.21. The van der Waals surface area contributed by atoms with Gasteiger partial charge < -0.3 is 0 Å². The summed E-state index contributed by atoms with van der Waals surface area (Å²) in [5, 5.41) is 9.47. The molecule has 2 atom stereocenters. The first kappa shape index (κ1) is 21.5. The number of hydrogen-bond acceptors (Lipinski definition) is 5. The summed E-state index contributed by atoms with van der Waals surface area (Å²) in [5.41, 5.74) is 1.33. The number of Topliss-reactive ketones (excluding diaryl/α,β-unsaturated/α-hetero) is 1. The molecule has 0 unspecified atom stereocenters. The molecule has 0 spiro atoms. The van der Waals surface area contributed by atoms with Crippen LogP contribution in [-0.2, 0) is 0 Å². The van der Waals surface area contributed by atoms with Gasteiger partial charge in [0.1, 0.15) is 5.82 Å². The molecule has 152 valence electrons. The van der Waals surface area contributed by atoms with Crippen LogP contribution in [0.3, 0.4) is 0 Å². The molecule has 0 saturated heterocycles. The Morgan fingerprint density at radius 2 is 1.69 bits per heavy atom. The lowest BCUT2D eigenvalue weighted by atomic mass is 10.1. The molecule has 3 aromatic rings. The average molecular weight is 433 g/mol. The van der Waals surface area contributed by atoms with Gasteiger partial charge in [0, 0.05) is 16.3 Å². The lowest BCUT2D eigenvalue weighted by Crippen LogP contribution is -2.21. The third-order valence-electron chi connectivity index (χ3n) is 4.67. The minimum Gasteiger partial charge on any atom is -0.300 e. The van der Waals surface area contributed by atoms with E-state index in [2.05, 4.69) is 10.2 Å². The quantitative estimate of drug-likeness (QED) is 0.386. The topological polar surface area (TPSA) is 51.0 Å². The summed E-state index contributed by atoms with van der Waals surface area (Å²) < 4.78 is 15.3. The van der Waals surface area contributed by atoms with Crippen molar-refractivity contribution >= 4 is 29.1 Å². The van der Waals surface area contributed by atoms with Crippen molar-refractivity contribution in [1.29, 1.82) is 0 Å². The van der Waals surface area contributed by atoms with Crippen LogP contribution < -0.4 is 0 Å². The molecule has 0 aliphatic rings. The largest absolute Gasteiger partial charge is 0.300 e. The van der Waals surface area contributed by atoms with Gasteiger partial charge >= 0.3 is 0 Å². The van der Waals surface area contributed by atoms with Gasteiger partial charge in [-0.25, -0.2) is 4.39 Å². The van der Waals surface area contributed by atoms with E-state index in [9.17, 15) is 9.18 Å². The summed E-state index contributed by atoms with van der Waals surface area (Å²) in [6, 6.07) is 13.0. The van der Waals surface area contributed by atoms with E-state index in [1.807, 2.05) is 37.4 Å². The second-order valence-electron chi connectivity index (χ2n) is 6.92. The van der Waals surface area contributed by atoms with Gasteiger partial charge in [-0.05, 0) is 76.5 Å². The summed E-state index contributed by atoms with van der Waals surface area (Å²) in [6.45, 7) is 3.85. The van der Waals surface area contributed by atoms with Crippen molar-refractivity contribution in [3.8, 4) is 5.69 Å². The predicted molar refractivity (Wildman–Crippen MR) is 115 cm³/mol. The van der Waals surface area contributed by atoms with Crippen LogP contribution in [0.1, 0.15) is 36.1 Å². The lowest BCUT2D eigenvalue weighted by molar-refractivity contribution is 0.0994. The third-order valence-corrected chi connectivity index (χ3v) is 5.97. The van der Waals surface area contributed by atoms with Crippen LogP contribution in [-0.4, -0.2) is 44.8 Å². The number of aromatic nitrogens is 3. The van der Waals surface area contributed by atoms with E-state index in [1.165, 1.54) is 23.9 Å². The highest BCUT2D eigenvalue weighted by Gasteiger charge is 2.25. The highest BCUT2D eigenvalue weighted by molar-refractivity contribution is 8.00. The molecular formula is C21H22ClFN4OS. The molecule has 0 aliphatic heterocycles. The zero-order valence-electron chi connectivity index (χ0n) is 16.6. The van der Waals surface area contributed by atoms with Gasteiger partial charge in [0.15, 0.2) is 16.8 Å². The van der Waals surface area contributed by atoms with E-state index in [-0.39, 0.29) is 22.9 Å². The number of benzene rings is 2.